The van der Waals surface area contributed by atoms with Crippen LogP contribution in [-0.4, -0.2) is 12.5 Å². The summed E-state index contributed by atoms with van der Waals surface area (Å²) in [4.78, 5) is 12.1. The molecule has 0 bridgehead atoms. The van der Waals surface area contributed by atoms with Gasteiger partial charge in [0.25, 0.3) is 0 Å². The second-order valence-electron chi connectivity index (χ2n) is 5.78. The van der Waals surface area contributed by atoms with E-state index in [9.17, 15) is 4.79 Å². The molecule has 3 heteroatoms. The molecule has 0 fully saturated rings. The van der Waals surface area contributed by atoms with E-state index in [-0.39, 0.29) is 12.5 Å². The zero-order valence-electron chi connectivity index (χ0n) is 13.4. The molecule has 0 aliphatic rings. The second-order valence-corrected chi connectivity index (χ2v) is 5.78. The zero-order valence-corrected chi connectivity index (χ0v) is 13.4. The Morgan fingerprint density at radius 2 is 1.70 bits per heavy atom. The van der Waals surface area contributed by atoms with Gasteiger partial charge in [-0.3, -0.25) is 4.79 Å². The van der Waals surface area contributed by atoms with Crippen molar-refractivity contribution in [3.8, 4) is 0 Å². The Balaban J connectivity index is 1.64. The molecule has 0 atom stereocenters. The SMILES string of the molecule is Cc1ccc(NCC(=O)Nc2ccc3ccccc3c2)c(C)c1. The lowest BCUT2D eigenvalue weighted by molar-refractivity contribution is -0.114. The number of fused-ring (bicyclic) bond motifs is 1. The molecule has 1 amide bonds. The van der Waals surface area contributed by atoms with Crippen molar-refractivity contribution < 1.29 is 4.79 Å². The number of anilines is 2. The van der Waals surface area contributed by atoms with Crippen LogP contribution in [-0.2, 0) is 4.79 Å². The van der Waals surface area contributed by atoms with E-state index in [0.29, 0.717) is 0 Å². The van der Waals surface area contributed by atoms with Gasteiger partial charge in [0.2, 0.25) is 5.91 Å². The van der Waals surface area contributed by atoms with E-state index in [1.54, 1.807) is 0 Å². The van der Waals surface area contributed by atoms with Crippen LogP contribution >= 0.6 is 0 Å². The monoisotopic (exact) mass is 304 g/mol. The lowest BCUT2D eigenvalue weighted by Crippen LogP contribution is -2.22. The maximum Gasteiger partial charge on any atom is 0.243 e. The van der Waals surface area contributed by atoms with Crippen LogP contribution in [0.4, 0.5) is 11.4 Å². The molecule has 0 saturated heterocycles. The van der Waals surface area contributed by atoms with Gasteiger partial charge in [-0.2, -0.15) is 0 Å². The molecule has 3 nitrogen and oxygen atoms in total. The molecule has 3 rings (SSSR count). The number of benzene rings is 3. The minimum Gasteiger partial charge on any atom is -0.376 e. The Kier molecular flexibility index (Phi) is 4.29. The summed E-state index contributed by atoms with van der Waals surface area (Å²) in [6, 6.07) is 20.2. The molecule has 0 unspecified atom stereocenters. The molecule has 0 saturated carbocycles. The van der Waals surface area contributed by atoms with Crippen molar-refractivity contribution in [2.24, 2.45) is 0 Å². The van der Waals surface area contributed by atoms with E-state index in [0.717, 1.165) is 22.3 Å². The summed E-state index contributed by atoms with van der Waals surface area (Å²) in [6.07, 6.45) is 0. The summed E-state index contributed by atoms with van der Waals surface area (Å²) < 4.78 is 0. The van der Waals surface area contributed by atoms with E-state index in [2.05, 4.69) is 29.7 Å². The van der Waals surface area contributed by atoms with Crippen LogP contribution in [0, 0.1) is 13.8 Å². The van der Waals surface area contributed by atoms with Crippen LogP contribution < -0.4 is 10.6 Å². The minimum atomic E-state index is -0.0553. The van der Waals surface area contributed by atoms with Crippen LogP contribution in [0.25, 0.3) is 10.8 Å². The number of rotatable bonds is 4. The molecule has 3 aromatic rings. The van der Waals surface area contributed by atoms with Crippen LogP contribution in [0.1, 0.15) is 11.1 Å². The molecule has 0 radical (unpaired) electrons. The Morgan fingerprint density at radius 1 is 0.913 bits per heavy atom. The Hall–Kier alpha value is -2.81. The largest absolute Gasteiger partial charge is 0.376 e. The average Bonchev–Trinajstić information content (AvgIpc) is 2.54. The number of carbonyl (C=O) groups excluding carboxylic acids is 1. The third kappa shape index (κ3) is 3.69. The number of hydrogen-bond acceptors (Lipinski definition) is 2. The van der Waals surface area contributed by atoms with Crippen LogP contribution in [0.3, 0.4) is 0 Å². The van der Waals surface area contributed by atoms with Gasteiger partial charge in [-0.15, -0.1) is 0 Å². The number of aryl methyl sites for hydroxylation is 2. The predicted octanol–water partition coefficient (Wildman–Crippen LogP) is 4.51. The average molecular weight is 304 g/mol. The van der Waals surface area contributed by atoms with Crippen molar-refractivity contribution in [2.45, 2.75) is 13.8 Å². The van der Waals surface area contributed by atoms with E-state index in [4.69, 9.17) is 0 Å². The molecule has 23 heavy (non-hydrogen) atoms. The number of nitrogens with one attached hydrogen (secondary N) is 2. The van der Waals surface area contributed by atoms with Crippen molar-refractivity contribution >= 4 is 28.1 Å². The lowest BCUT2D eigenvalue weighted by Gasteiger charge is -2.11. The number of amides is 1. The van der Waals surface area contributed by atoms with Crippen molar-refractivity contribution in [1.29, 1.82) is 0 Å². The molecule has 2 N–H and O–H groups in total. The van der Waals surface area contributed by atoms with Crippen LogP contribution in [0.5, 0.6) is 0 Å². The summed E-state index contributed by atoms with van der Waals surface area (Å²) in [7, 11) is 0. The van der Waals surface area contributed by atoms with Crippen molar-refractivity contribution in [3.63, 3.8) is 0 Å². The fourth-order valence-electron chi connectivity index (χ4n) is 2.66. The van der Waals surface area contributed by atoms with Gasteiger partial charge in [0.05, 0.1) is 6.54 Å². The van der Waals surface area contributed by atoms with Gasteiger partial charge in [-0.1, -0.05) is 48.0 Å². The normalized spacial score (nSPS) is 10.5. The van der Waals surface area contributed by atoms with E-state index in [1.165, 1.54) is 10.9 Å². The first kappa shape index (κ1) is 15.1. The van der Waals surface area contributed by atoms with Gasteiger partial charge in [-0.05, 0) is 48.4 Å². The Labute approximate surface area is 136 Å². The number of carbonyl (C=O) groups is 1. The smallest absolute Gasteiger partial charge is 0.243 e. The van der Waals surface area contributed by atoms with Gasteiger partial charge in [-0.25, -0.2) is 0 Å². The standard InChI is InChI=1S/C20H20N2O/c1-14-7-10-19(15(2)11-14)21-13-20(23)22-18-9-8-16-5-3-4-6-17(16)12-18/h3-12,21H,13H2,1-2H3,(H,22,23). The summed E-state index contributed by atoms with van der Waals surface area (Å²) in [5.74, 6) is -0.0553. The van der Waals surface area contributed by atoms with E-state index >= 15 is 0 Å². The first-order chi connectivity index (χ1) is 11.1. The Morgan fingerprint density at radius 3 is 2.48 bits per heavy atom. The van der Waals surface area contributed by atoms with Gasteiger partial charge < -0.3 is 10.6 Å². The fraction of sp³-hybridized carbons (Fsp3) is 0.150. The highest BCUT2D eigenvalue weighted by atomic mass is 16.1. The maximum atomic E-state index is 12.1. The first-order valence-electron chi connectivity index (χ1n) is 7.71. The lowest BCUT2D eigenvalue weighted by atomic mass is 10.1. The molecule has 0 heterocycles. The van der Waals surface area contributed by atoms with Gasteiger partial charge >= 0.3 is 0 Å². The highest BCUT2D eigenvalue weighted by Crippen LogP contribution is 2.19. The summed E-state index contributed by atoms with van der Waals surface area (Å²) in [5, 5.41) is 8.40. The third-order valence-electron chi connectivity index (χ3n) is 3.85. The minimum absolute atomic E-state index is 0.0553. The highest BCUT2D eigenvalue weighted by Gasteiger charge is 2.04. The number of hydrogen-bond donors (Lipinski definition) is 2. The van der Waals surface area contributed by atoms with Crippen molar-refractivity contribution in [1.82, 2.24) is 0 Å². The molecular weight excluding hydrogens is 284 g/mol. The first-order valence-corrected chi connectivity index (χ1v) is 7.71. The van der Waals surface area contributed by atoms with Gasteiger partial charge in [0, 0.05) is 11.4 Å². The van der Waals surface area contributed by atoms with Crippen molar-refractivity contribution in [3.05, 3.63) is 71.8 Å². The third-order valence-corrected chi connectivity index (χ3v) is 3.85. The predicted molar refractivity (Wildman–Crippen MR) is 97.0 cm³/mol. The van der Waals surface area contributed by atoms with Crippen LogP contribution in [0.2, 0.25) is 0 Å². The quantitative estimate of drug-likeness (QED) is 0.744. The molecule has 3 aromatic carbocycles. The van der Waals surface area contributed by atoms with E-state index in [1.807, 2.05) is 55.5 Å². The summed E-state index contributed by atoms with van der Waals surface area (Å²) in [6.45, 7) is 4.34. The molecule has 0 aliphatic carbocycles. The molecule has 0 aliphatic heterocycles. The van der Waals surface area contributed by atoms with E-state index < -0.39 is 0 Å². The van der Waals surface area contributed by atoms with Gasteiger partial charge in [0.1, 0.15) is 0 Å². The fourth-order valence-corrected chi connectivity index (χ4v) is 2.66. The van der Waals surface area contributed by atoms with Crippen molar-refractivity contribution in [2.75, 3.05) is 17.2 Å². The summed E-state index contributed by atoms with van der Waals surface area (Å²) in [5.41, 5.74) is 4.16. The van der Waals surface area contributed by atoms with Gasteiger partial charge in [0.15, 0.2) is 0 Å². The molecule has 0 aromatic heterocycles. The molecular formula is C20H20N2O. The topological polar surface area (TPSA) is 41.1 Å². The molecule has 116 valence electrons. The van der Waals surface area contributed by atoms with Crippen LogP contribution in [0.15, 0.2) is 60.7 Å². The second kappa shape index (κ2) is 6.53. The summed E-state index contributed by atoms with van der Waals surface area (Å²) >= 11 is 0. The maximum absolute atomic E-state index is 12.1. The zero-order chi connectivity index (χ0) is 16.2. The molecule has 0 spiro atoms. The highest BCUT2D eigenvalue weighted by molar-refractivity contribution is 5.96. The Bertz CT molecular complexity index is 855.